The van der Waals surface area contributed by atoms with Crippen LogP contribution in [0.2, 0.25) is 0 Å². The number of fused-ring (bicyclic) bond motifs is 1. The van der Waals surface area contributed by atoms with E-state index in [0.717, 1.165) is 11.1 Å². The number of anilines is 1. The molecular weight excluding hydrogens is 256 g/mol. The van der Waals surface area contributed by atoms with Gasteiger partial charge in [0.25, 0.3) is 5.56 Å². The predicted octanol–water partition coefficient (Wildman–Crippen LogP) is 2.10. The summed E-state index contributed by atoms with van der Waals surface area (Å²) in [5.74, 6) is -0.886. The maximum Gasteiger partial charge on any atom is 0.323 e. The molecule has 0 bridgehead atoms. The summed E-state index contributed by atoms with van der Waals surface area (Å²) >= 11 is 0. The molecule has 0 spiro atoms. The second-order valence-electron chi connectivity index (χ2n) is 5.14. The van der Waals surface area contributed by atoms with Gasteiger partial charge in [0.2, 0.25) is 0 Å². The molecule has 1 aromatic heterocycles. The summed E-state index contributed by atoms with van der Waals surface area (Å²) in [6.07, 6.45) is 1.77. The van der Waals surface area contributed by atoms with Crippen molar-refractivity contribution >= 4 is 22.4 Å². The highest BCUT2D eigenvalue weighted by Crippen LogP contribution is 2.19. The largest absolute Gasteiger partial charge is 0.480 e. The van der Waals surface area contributed by atoms with Crippen molar-refractivity contribution in [3.05, 3.63) is 40.8 Å². The summed E-state index contributed by atoms with van der Waals surface area (Å²) in [4.78, 5) is 24.6. The first-order chi connectivity index (χ1) is 9.40. The van der Waals surface area contributed by atoms with Crippen LogP contribution in [-0.4, -0.2) is 29.2 Å². The molecule has 20 heavy (non-hydrogen) atoms. The Kier molecular flexibility index (Phi) is 3.79. The summed E-state index contributed by atoms with van der Waals surface area (Å²) in [5.41, 5.74) is 0.756. The van der Waals surface area contributed by atoms with Gasteiger partial charge in [0, 0.05) is 30.4 Å². The van der Waals surface area contributed by atoms with Crippen molar-refractivity contribution in [3.63, 3.8) is 0 Å². The van der Waals surface area contributed by atoms with Gasteiger partial charge in [-0.05, 0) is 43.5 Å². The molecule has 0 aliphatic heterocycles. The van der Waals surface area contributed by atoms with Gasteiger partial charge in [-0.3, -0.25) is 9.59 Å². The number of hydrogen-bond donors (Lipinski definition) is 1. The van der Waals surface area contributed by atoms with Crippen LogP contribution in [0, 0.1) is 0 Å². The number of nitrogens with zero attached hydrogens (tertiary/aromatic N) is 2. The standard InChI is InChI=1S/C15H18N2O3/c1-10(2)17-7-6-11-8-12(16(3)9-14(18)19)4-5-13(11)15(17)20/h4-8,10H,9H2,1-3H3,(H,18,19). The van der Waals surface area contributed by atoms with Crippen LogP contribution in [-0.2, 0) is 4.79 Å². The number of carboxylic acids is 1. The third-order valence-corrected chi connectivity index (χ3v) is 3.28. The Morgan fingerprint density at radius 3 is 2.65 bits per heavy atom. The summed E-state index contributed by atoms with van der Waals surface area (Å²) in [5, 5.41) is 10.3. The van der Waals surface area contributed by atoms with Crippen molar-refractivity contribution in [1.82, 2.24) is 4.57 Å². The summed E-state index contributed by atoms with van der Waals surface area (Å²) in [6.45, 7) is 3.85. The van der Waals surface area contributed by atoms with Gasteiger partial charge >= 0.3 is 5.97 Å². The Bertz CT molecular complexity index is 704. The van der Waals surface area contributed by atoms with Gasteiger partial charge in [0.1, 0.15) is 6.54 Å². The minimum Gasteiger partial charge on any atom is -0.480 e. The molecule has 0 amide bonds. The van der Waals surface area contributed by atoms with Crippen molar-refractivity contribution in [1.29, 1.82) is 0 Å². The van der Waals surface area contributed by atoms with E-state index in [-0.39, 0.29) is 18.1 Å². The minimum atomic E-state index is -0.886. The number of pyridine rings is 1. The topological polar surface area (TPSA) is 62.5 Å². The number of benzene rings is 1. The second-order valence-corrected chi connectivity index (χ2v) is 5.14. The third-order valence-electron chi connectivity index (χ3n) is 3.28. The maximum absolute atomic E-state index is 12.3. The number of likely N-dealkylation sites (N-methyl/N-ethyl adjacent to an activating group) is 1. The lowest BCUT2D eigenvalue weighted by Gasteiger charge is -2.17. The Morgan fingerprint density at radius 2 is 2.05 bits per heavy atom. The highest BCUT2D eigenvalue weighted by Gasteiger charge is 2.09. The van der Waals surface area contributed by atoms with Crippen LogP contribution in [0.4, 0.5) is 5.69 Å². The molecule has 0 fully saturated rings. The lowest BCUT2D eigenvalue weighted by molar-refractivity contribution is -0.135. The number of carboxylic acid groups (broad SMARTS) is 1. The average Bonchev–Trinajstić information content (AvgIpc) is 2.37. The van der Waals surface area contributed by atoms with E-state index < -0.39 is 5.97 Å². The van der Waals surface area contributed by atoms with Gasteiger partial charge in [-0.1, -0.05) is 0 Å². The molecule has 0 saturated carbocycles. The van der Waals surface area contributed by atoms with Crippen molar-refractivity contribution < 1.29 is 9.90 Å². The molecule has 0 unspecified atom stereocenters. The van der Waals surface area contributed by atoms with E-state index in [1.54, 1.807) is 34.8 Å². The molecule has 1 N–H and O–H groups in total. The number of carbonyl (C=O) groups is 1. The molecule has 5 nitrogen and oxygen atoms in total. The number of aromatic nitrogens is 1. The van der Waals surface area contributed by atoms with E-state index in [4.69, 9.17) is 5.11 Å². The van der Waals surface area contributed by atoms with Gasteiger partial charge in [-0.15, -0.1) is 0 Å². The van der Waals surface area contributed by atoms with Gasteiger partial charge in [0.15, 0.2) is 0 Å². The number of hydrogen-bond acceptors (Lipinski definition) is 3. The quantitative estimate of drug-likeness (QED) is 0.927. The number of rotatable bonds is 4. The Morgan fingerprint density at radius 1 is 1.35 bits per heavy atom. The summed E-state index contributed by atoms with van der Waals surface area (Å²) in [6, 6.07) is 7.36. The average molecular weight is 274 g/mol. The van der Waals surface area contributed by atoms with Gasteiger partial charge in [0.05, 0.1) is 0 Å². The molecule has 0 aliphatic carbocycles. The fourth-order valence-corrected chi connectivity index (χ4v) is 2.19. The van der Waals surface area contributed by atoms with Crippen molar-refractivity contribution in [3.8, 4) is 0 Å². The molecule has 2 aromatic rings. The van der Waals surface area contributed by atoms with Crippen molar-refractivity contribution in [2.45, 2.75) is 19.9 Å². The third kappa shape index (κ3) is 2.66. The highest BCUT2D eigenvalue weighted by atomic mass is 16.4. The van der Waals surface area contributed by atoms with Crippen molar-refractivity contribution in [2.24, 2.45) is 0 Å². The molecule has 0 atom stereocenters. The first-order valence-electron chi connectivity index (χ1n) is 6.48. The molecule has 0 aliphatic rings. The molecular formula is C15H18N2O3. The first kappa shape index (κ1) is 14.1. The molecule has 2 rings (SSSR count). The zero-order valence-electron chi connectivity index (χ0n) is 11.8. The normalized spacial score (nSPS) is 11.0. The molecule has 106 valence electrons. The van der Waals surface area contributed by atoms with Crippen LogP contribution >= 0.6 is 0 Å². The van der Waals surface area contributed by atoms with Crippen LogP contribution in [0.1, 0.15) is 19.9 Å². The SMILES string of the molecule is CC(C)n1ccc2cc(N(C)CC(=O)O)ccc2c1=O. The van der Waals surface area contributed by atoms with Crippen LogP contribution in [0.5, 0.6) is 0 Å². The van der Waals surface area contributed by atoms with E-state index in [9.17, 15) is 9.59 Å². The molecule has 1 aromatic carbocycles. The van der Waals surface area contributed by atoms with E-state index in [1.165, 1.54) is 0 Å². The van der Waals surface area contributed by atoms with Crippen LogP contribution in [0.25, 0.3) is 10.8 Å². The monoisotopic (exact) mass is 274 g/mol. The minimum absolute atomic E-state index is 0.0232. The second kappa shape index (κ2) is 5.36. The Balaban J connectivity index is 2.49. The molecule has 1 heterocycles. The first-order valence-corrected chi connectivity index (χ1v) is 6.48. The molecule has 5 heteroatoms. The lowest BCUT2D eigenvalue weighted by Crippen LogP contribution is -2.25. The highest BCUT2D eigenvalue weighted by molar-refractivity contribution is 5.85. The summed E-state index contributed by atoms with van der Waals surface area (Å²) < 4.78 is 1.68. The van der Waals surface area contributed by atoms with E-state index >= 15 is 0 Å². The van der Waals surface area contributed by atoms with E-state index in [1.807, 2.05) is 26.0 Å². The summed E-state index contributed by atoms with van der Waals surface area (Å²) in [7, 11) is 1.71. The van der Waals surface area contributed by atoms with Gasteiger partial charge in [-0.2, -0.15) is 0 Å². The van der Waals surface area contributed by atoms with Crippen LogP contribution in [0.15, 0.2) is 35.3 Å². The predicted molar refractivity (Wildman–Crippen MR) is 79.5 cm³/mol. The molecule has 0 saturated heterocycles. The fourth-order valence-electron chi connectivity index (χ4n) is 2.19. The van der Waals surface area contributed by atoms with Crippen LogP contribution < -0.4 is 10.5 Å². The van der Waals surface area contributed by atoms with E-state index in [2.05, 4.69) is 0 Å². The Labute approximate surface area is 117 Å². The van der Waals surface area contributed by atoms with Gasteiger partial charge < -0.3 is 14.6 Å². The lowest BCUT2D eigenvalue weighted by atomic mass is 10.1. The zero-order chi connectivity index (χ0) is 14.9. The van der Waals surface area contributed by atoms with Gasteiger partial charge in [-0.25, -0.2) is 0 Å². The maximum atomic E-state index is 12.3. The smallest absolute Gasteiger partial charge is 0.323 e. The zero-order valence-corrected chi connectivity index (χ0v) is 11.8. The van der Waals surface area contributed by atoms with Crippen molar-refractivity contribution in [2.75, 3.05) is 18.5 Å². The van der Waals surface area contributed by atoms with Crippen LogP contribution in [0.3, 0.4) is 0 Å². The number of aliphatic carboxylic acids is 1. The Hall–Kier alpha value is -2.30. The van der Waals surface area contributed by atoms with E-state index in [0.29, 0.717) is 5.39 Å². The molecule has 0 radical (unpaired) electrons. The fraction of sp³-hybridized carbons (Fsp3) is 0.333.